The summed E-state index contributed by atoms with van der Waals surface area (Å²) in [5.41, 5.74) is 0.685. The molecule has 0 spiro atoms. The van der Waals surface area contributed by atoms with Gasteiger partial charge in [-0.15, -0.1) is 0 Å². The van der Waals surface area contributed by atoms with Crippen LogP contribution in [0.5, 0.6) is 0 Å². The van der Waals surface area contributed by atoms with Gasteiger partial charge in [0.2, 0.25) is 0 Å². The molecule has 58 valence electrons. The normalized spacial score (nSPS) is 11.3. The van der Waals surface area contributed by atoms with Gasteiger partial charge in [-0.05, 0) is 6.42 Å². The zero-order valence-corrected chi connectivity index (χ0v) is 7.77. The fourth-order valence-corrected chi connectivity index (χ4v) is 1.03. The molecular weight excluding hydrogens is 196 g/mol. The molecule has 0 unspecified atom stereocenters. The summed E-state index contributed by atoms with van der Waals surface area (Å²) in [5, 5.41) is 0.563. The average Bonchev–Trinajstić information content (AvgIpc) is 1.99. The monoisotopic (exact) mass is 206 g/mol. The molecule has 0 N–H and O–H groups in total. The highest BCUT2D eigenvalue weighted by Gasteiger charge is 2.05. The Kier molecular flexibility index (Phi) is 5.30. The Hall–Kier alpha value is -0.310. The maximum absolute atomic E-state index is 10.8. The maximum atomic E-state index is 10.8. The average molecular weight is 207 g/mol. The number of hydrogen-bond acceptors (Lipinski definition) is 2. The van der Waals surface area contributed by atoms with Crippen LogP contribution in [0.3, 0.4) is 0 Å². The van der Waals surface area contributed by atoms with Crippen LogP contribution in [0.4, 0.5) is 0 Å². The number of carbonyl (C=O) groups excluding carboxylic acids is 1. The van der Waals surface area contributed by atoms with Crippen molar-refractivity contribution in [3.8, 4) is 0 Å². The van der Waals surface area contributed by atoms with Crippen molar-refractivity contribution in [3.63, 3.8) is 0 Å². The fraction of sp³-hybridized carbons (Fsp3) is 0.571. The number of carbonyl (C=O) groups is 1. The summed E-state index contributed by atoms with van der Waals surface area (Å²) in [6, 6.07) is 0. The second kappa shape index (κ2) is 5.47. The zero-order chi connectivity index (χ0) is 7.98. The highest BCUT2D eigenvalue weighted by Crippen LogP contribution is 2.02. The van der Waals surface area contributed by atoms with Gasteiger partial charge in [-0.2, -0.15) is 0 Å². The lowest BCUT2D eigenvalue weighted by atomic mass is 10.2. The lowest BCUT2D eigenvalue weighted by Crippen LogP contribution is -2.05. The number of methoxy groups -OCH3 is 1. The van der Waals surface area contributed by atoms with Crippen LogP contribution in [0.25, 0.3) is 0 Å². The summed E-state index contributed by atoms with van der Waals surface area (Å²) in [6.07, 6.45) is 2.70. The molecule has 0 aliphatic carbocycles. The van der Waals surface area contributed by atoms with E-state index in [1.54, 1.807) is 0 Å². The van der Waals surface area contributed by atoms with Gasteiger partial charge in [0.15, 0.2) is 0 Å². The van der Waals surface area contributed by atoms with Crippen molar-refractivity contribution in [2.45, 2.75) is 13.3 Å². The smallest absolute Gasteiger partial charge is 0.334 e. The molecule has 0 saturated heterocycles. The topological polar surface area (TPSA) is 26.3 Å². The van der Waals surface area contributed by atoms with Gasteiger partial charge in [0.25, 0.3) is 0 Å². The van der Waals surface area contributed by atoms with Crippen molar-refractivity contribution in [2.24, 2.45) is 0 Å². The van der Waals surface area contributed by atoms with Crippen LogP contribution in [-0.2, 0) is 9.53 Å². The lowest BCUT2D eigenvalue weighted by molar-refractivity contribution is -0.135. The minimum Gasteiger partial charge on any atom is -0.466 e. The fourth-order valence-electron chi connectivity index (χ4n) is 0.570. The first kappa shape index (κ1) is 9.69. The van der Waals surface area contributed by atoms with Gasteiger partial charge in [-0.25, -0.2) is 4.79 Å². The van der Waals surface area contributed by atoms with Gasteiger partial charge in [-0.1, -0.05) is 28.9 Å². The first-order chi connectivity index (χ1) is 4.76. The molecular formula is C7H11BrO2. The maximum Gasteiger partial charge on any atom is 0.334 e. The Bertz CT molecular complexity index is 141. The minimum absolute atomic E-state index is 0.251. The van der Waals surface area contributed by atoms with E-state index in [4.69, 9.17) is 0 Å². The molecule has 0 rings (SSSR count). The molecule has 0 aromatic heterocycles. The van der Waals surface area contributed by atoms with E-state index in [0.717, 1.165) is 6.42 Å². The van der Waals surface area contributed by atoms with Crippen molar-refractivity contribution in [3.05, 3.63) is 11.6 Å². The zero-order valence-electron chi connectivity index (χ0n) is 6.19. The number of ether oxygens (including phenoxy) is 1. The predicted octanol–water partition coefficient (Wildman–Crippen LogP) is 1.89. The van der Waals surface area contributed by atoms with Crippen LogP contribution in [-0.4, -0.2) is 18.4 Å². The summed E-state index contributed by atoms with van der Waals surface area (Å²) in [7, 11) is 1.38. The van der Waals surface area contributed by atoms with Crippen LogP contribution >= 0.6 is 15.9 Å². The van der Waals surface area contributed by atoms with Crippen molar-refractivity contribution < 1.29 is 9.53 Å². The summed E-state index contributed by atoms with van der Waals surface area (Å²) >= 11 is 3.19. The second-order valence-corrected chi connectivity index (χ2v) is 2.32. The SMILES string of the molecule is CC/C=C(/CBr)C(=O)OC. The van der Waals surface area contributed by atoms with Crippen LogP contribution < -0.4 is 0 Å². The third kappa shape index (κ3) is 3.01. The molecule has 3 heteroatoms. The Labute approximate surface area is 69.4 Å². The van der Waals surface area contributed by atoms with Crippen LogP contribution in [0.1, 0.15) is 13.3 Å². The first-order valence-corrected chi connectivity index (χ1v) is 4.21. The molecule has 0 saturated carbocycles. The number of hydrogen-bond donors (Lipinski definition) is 0. The Balaban J connectivity index is 4.06. The van der Waals surface area contributed by atoms with Gasteiger partial charge in [-0.3, -0.25) is 0 Å². The summed E-state index contributed by atoms with van der Waals surface area (Å²) in [5.74, 6) is -0.251. The highest BCUT2D eigenvalue weighted by molar-refractivity contribution is 9.09. The first-order valence-electron chi connectivity index (χ1n) is 3.09. The Morgan fingerprint density at radius 3 is 2.60 bits per heavy atom. The number of rotatable bonds is 3. The van der Waals surface area contributed by atoms with Gasteiger partial charge in [0.1, 0.15) is 0 Å². The molecule has 0 atom stereocenters. The summed E-state index contributed by atoms with van der Waals surface area (Å²) < 4.78 is 4.52. The van der Waals surface area contributed by atoms with Crippen LogP contribution in [0, 0.1) is 0 Å². The molecule has 0 amide bonds. The van der Waals surface area contributed by atoms with E-state index >= 15 is 0 Å². The largest absolute Gasteiger partial charge is 0.466 e. The van der Waals surface area contributed by atoms with E-state index < -0.39 is 0 Å². The molecule has 0 radical (unpaired) electrons. The van der Waals surface area contributed by atoms with E-state index in [0.29, 0.717) is 10.9 Å². The molecule has 0 bridgehead atoms. The summed E-state index contributed by atoms with van der Waals surface area (Å²) in [6.45, 7) is 1.98. The number of allylic oxidation sites excluding steroid dienone is 1. The quantitative estimate of drug-likeness (QED) is 0.401. The Morgan fingerprint density at radius 1 is 1.70 bits per heavy atom. The molecule has 0 aromatic rings. The minimum atomic E-state index is -0.251. The van der Waals surface area contributed by atoms with Crippen molar-refractivity contribution in [1.82, 2.24) is 0 Å². The molecule has 0 aliphatic heterocycles. The van der Waals surface area contributed by atoms with Crippen LogP contribution in [0.15, 0.2) is 11.6 Å². The van der Waals surface area contributed by atoms with E-state index in [9.17, 15) is 4.79 Å². The lowest BCUT2D eigenvalue weighted by Gasteiger charge is -1.98. The molecule has 0 aromatic carbocycles. The molecule has 0 heterocycles. The third-order valence-electron chi connectivity index (χ3n) is 1.04. The Morgan fingerprint density at radius 2 is 2.30 bits per heavy atom. The van der Waals surface area contributed by atoms with Gasteiger partial charge in [0, 0.05) is 10.9 Å². The highest BCUT2D eigenvalue weighted by atomic mass is 79.9. The molecule has 0 aliphatic rings. The van der Waals surface area contributed by atoms with Crippen molar-refractivity contribution >= 4 is 21.9 Å². The third-order valence-corrected chi connectivity index (χ3v) is 1.65. The van der Waals surface area contributed by atoms with E-state index in [1.807, 2.05) is 13.0 Å². The standard InChI is InChI=1S/C7H11BrO2/c1-3-4-6(5-8)7(9)10-2/h4H,3,5H2,1-2H3/b6-4-. The second-order valence-electron chi connectivity index (χ2n) is 1.76. The van der Waals surface area contributed by atoms with Crippen molar-refractivity contribution in [1.29, 1.82) is 0 Å². The van der Waals surface area contributed by atoms with Crippen LogP contribution in [0.2, 0.25) is 0 Å². The van der Waals surface area contributed by atoms with E-state index in [1.165, 1.54) is 7.11 Å². The number of halogens is 1. The van der Waals surface area contributed by atoms with Gasteiger partial charge >= 0.3 is 5.97 Å². The predicted molar refractivity (Wildman–Crippen MR) is 44.2 cm³/mol. The number of esters is 1. The van der Waals surface area contributed by atoms with E-state index in [2.05, 4.69) is 20.7 Å². The molecule has 2 nitrogen and oxygen atoms in total. The molecule has 0 fully saturated rings. The summed E-state index contributed by atoms with van der Waals surface area (Å²) in [4.78, 5) is 10.8. The van der Waals surface area contributed by atoms with E-state index in [-0.39, 0.29) is 5.97 Å². The number of alkyl halides is 1. The van der Waals surface area contributed by atoms with Crippen molar-refractivity contribution in [2.75, 3.05) is 12.4 Å². The molecule has 10 heavy (non-hydrogen) atoms. The van der Waals surface area contributed by atoms with Gasteiger partial charge < -0.3 is 4.74 Å². The van der Waals surface area contributed by atoms with Gasteiger partial charge in [0.05, 0.1) is 7.11 Å².